The molecule has 6 aromatic carbocycles. The van der Waals surface area contributed by atoms with Crippen molar-refractivity contribution in [3.63, 3.8) is 0 Å². The van der Waals surface area contributed by atoms with Gasteiger partial charge in [-0.05, 0) is 36.4 Å². The van der Waals surface area contributed by atoms with Gasteiger partial charge in [0.15, 0.2) is 17.5 Å². The number of hydrogen-bond donors (Lipinski definition) is 0. The first-order valence-electron chi connectivity index (χ1n) is 15.3. The number of fused-ring (bicyclic) bond motifs is 3. The second kappa shape index (κ2) is 11.8. The summed E-state index contributed by atoms with van der Waals surface area (Å²) in [4.78, 5) is 14.7. The SMILES string of the molecule is N#Cc1ccc2c3ccc(C#N)cc3n(-c3cc(-c4nc(-c5ccccc5)nc(-c5ccccc5)n4)ccc3-c3ccccc3F)c2c1. The lowest BCUT2D eigenvalue weighted by Gasteiger charge is -2.17. The van der Waals surface area contributed by atoms with Crippen molar-refractivity contribution < 1.29 is 4.39 Å². The average Bonchev–Trinajstić information content (AvgIpc) is 3.48. The van der Waals surface area contributed by atoms with Crippen molar-refractivity contribution in [2.45, 2.75) is 0 Å². The first kappa shape index (κ1) is 28.5. The Morgan fingerprint density at radius 3 is 1.50 bits per heavy atom. The zero-order chi connectivity index (χ0) is 32.6. The van der Waals surface area contributed by atoms with Crippen molar-refractivity contribution in [1.82, 2.24) is 19.5 Å². The highest BCUT2D eigenvalue weighted by atomic mass is 19.1. The molecule has 0 spiro atoms. The van der Waals surface area contributed by atoms with Crippen LogP contribution in [-0.4, -0.2) is 19.5 Å². The third-order valence-electron chi connectivity index (χ3n) is 8.39. The maximum atomic E-state index is 15.5. The highest BCUT2D eigenvalue weighted by molar-refractivity contribution is 6.10. The van der Waals surface area contributed by atoms with Gasteiger partial charge in [-0.2, -0.15) is 10.5 Å². The first-order chi connectivity index (χ1) is 23.6. The molecule has 2 aromatic heterocycles. The summed E-state index contributed by atoms with van der Waals surface area (Å²) in [7, 11) is 0. The summed E-state index contributed by atoms with van der Waals surface area (Å²) in [6, 6.07) is 47.3. The van der Waals surface area contributed by atoms with Gasteiger partial charge in [0.2, 0.25) is 0 Å². The van der Waals surface area contributed by atoms with Gasteiger partial charge in [0.1, 0.15) is 5.82 Å². The summed E-state index contributed by atoms with van der Waals surface area (Å²) in [6.45, 7) is 0. The van der Waals surface area contributed by atoms with E-state index in [0.717, 1.165) is 32.9 Å². The van der Waals surface area contributed by atoms with Gasteiger partial charge in [0, 0.05) is 38.6 Å². The van der Waals surface area contributed by atoms with Gasteiger partial charge in [0.25, 0.3) is 0 Å². The molecule has 0 aliphatic heterocycles. The highest BCUT2D eigenvalue weighted by Gasteiger charge is 2.21. The molecule has 0 unspecified atom stereocenters. The van der Waals surface area contributed by atoms with Crippen LogP contribution in [0.3, 0.4) is 0 Å². The normalized spacial score (nSPS) is 11.0. The average molecular weight is 619 g/mol. The fourth-order valence-electron chi connectivity index (χ4n) is 6.12. The molecule has 0 bridgehead atoms. The minimum atomic E-state index is -0.374. The fraction of sp³-hybridized carbons (Fsp3) is 0. The van der Waals surface area contributed by atoms with Gasteiger partial charge < -0.3 is 4.57 Å². The van der Waals surface area contributed by atoms with Crippen LogP contribution in [0.1, 0.15) is 11.1 Å². The number of hydrogen-bond acceptors (Lipinski definition) is 5. The van der Waals surface area contributed by atoms with E-state index in [0.29, 0.717) is 51.0 Å². The van der Waals surface area contributed by atoms with Gasteiger partial charge in [-0.3, -0.25) is 0 Å². The van der Waals surface area contributed by atoms with Crippen molar-refractivity contribution >= 4 is 21.8 Å². The smallest absolute Gasteiger partial charge is 0.164 e. The van der Waals surface area contributed by atoms with Gasteiger partial charge >= 0.3 is 0 Å². The second-order valence-electron chi connectivity index (χ2n) is 11.3. The lowest BCUT2D eigenvalue weighted by Crippen LogP contribution is -2.03. The lowest BCUT2D eigenvalue weighted by atomic mass is 10.00. The van der Waals surface area contributed by atoms with E-state index in [1.165, 1.54) is 6.07 Å². The Hall–Kier alpha value is -6.96. The summed E-state index contributed by atoms with van der Waals surface area (Å²) in [5.41, 5.74) is 6.51. The maximum Gasteiger partial charge on any atom is 0.164 e. The monoisotopic (exact) mass is 618 g/mol. The van der Waals surface area contributed by atoms with Gasteiger partial charge in [-0.1, -0.05) is 103 Å². The molecule has 0 fully saturated rings. The molecule has 48 heavy (non-hydrogen) atoms. The largest absolute Gasteiger partial charge is 0.309 e. The number of aromatic nitrogens is 4. The van der Waals surface area contributed by atoms with Crippen LogP contribution in [-0.2, 0) is 0 Å². The van der Waals surface area contributed by atoms with Crippen LogP contribution in [0.25, 0.3) is 72.8 Å². The van der Waals surface area contributed by atoms with Crippen LogP contribution in [0, 0.1) is 28.5 Å². The minimum absolute atomic E-state index is 0.374. The molecule has 7 heteroatoms. The minimum Gasteiger partial charge on any atom is -0.309 e. The van der Waals surface area contributed by atoms with Crippen molar-refractivity contribution in [1.29, 1.82) is 10.5 Å². The van der Waals surface area contributed by atoms with E-state index in [4.69, 9.17) is 15.0 Å². The molecule has 8 rings (SSSR count). The molecule has 0 amide bonds. The fourth-order valence-corrected chi connectivity index (χ4v) is 6.12. The Morgan fingerprint density at radius 2 is 0.979 bits per heavy atom. The van der Waals surface area contributed by atoms with Gasteiger partial charge in [0.05, 0.1) is 40.0 Å². The van der Waals surface area contributed by atoms with E-state index >= 15 is 4.39 Å². The van der Waals surface area contributed by atoms with Gasteiger partial charge in [-0.25, -0.2) is 19.3 Å². The molecular weight excluding hydrogens is 595 g/mol. The molecular formula is C41H23FN6. The van der Waals surface area contributed by atoms with Crippen LogP contribution < -0.4 is 0 Å². The van der Waals surface area contributed by atoms with Crippen LogP contribution in [0.4, 0.5) is 4.39 Å². The van der Waals surface area contributed by atoms with Crippen LogP contribution in [0.15, 0.2) is 140 Å². The molecule has 6 nitrogen and oxygen atoms in total. The molecule has 0 N–H and O–H groups in total. The molecule has 224 valence electrons. The number of rotatable bonds is 5. The van der Waals surface area contributed by atoms with E-state index in [-0.39, 0.29) is 5.82 Å². The van der Waals surface area contributed by atoms with Crippen molar-refractivity contribution in [3.05, 3.63) is 156 Å². The van der Waals surface area contributed by atoms with E-state index in [1.807, 2.05) is 108 Å². The Kier molecular flexibility index (Phi) is 6.98. The lowest BCUT2D eigenvalue weighted by molar-refractivity contribution is 0.631. The Labute approximate surface area is 275 Å². The Balaban J connectivity index is 1.46. The molecule has 8 aromatic rings. The molecule has 0 saturated carbocycles. The second-order valence-corrected chi connectivity index (χ2v) is 11.3. The number of benzene rings is 6. The predicted molar refractivity (Wildman–Crippen MR) is 185 cm³/mol. The Morgan fingerprint density at radius 1 is 0.479 bits per heavy atom. The number of nitriles is 2. The van der Waals surface area contributed by atoms with Crippen molar-refractivity contribution in [2.75, 3.05) is 0 Å². The molecule has 0 radical (unpaired) electrons. The topological polar surface area (TPSA) is 91.2 Å². The third kappa shape index (κ3) is 4.93. The van der Waals surface area contributed by atoms with E-state index in [9.17, 15) is 10.5 Å². The predicted octanol–water partition coefficient (Wildman–Crippen LogP) is 9.52. The first-order valence-corrected chi connectivity index (χ1v) is 15.3. The molecule has 0 aliphatic rings. The van der Waals surface area contributed by atoms with E-state index in [1.54, 1.807) is 30.3 Å². The summed E-state index contributed by atoms with van der Waals surface area (Å²) in [6.07, 6.45) is 0. The Bertz CT molecular complexity index is 2470. The van der Waals surface area contributed by atoms with Crippen molar-refractivity contribution in [3.8, 4) is 63.1 Å². The molecule has 0 saturated heterocycles. The molecule has 2 heterocycles. The quantitative estimate of drug-likeness (QED) is 0.192. The molecule has 0 aliphatic carbocycles. The summed E-state index contributed by atoms with van der Waals surface area (Å²) < 4.78 is 17.5. The van der Waals surface area contributed by atoms with Crippen molar-refractivity contribution in [2.24, 2.45) is 0 Å². The van der Waals surface area contributed by atoms with Crippen LogP contribution in [0.5, 0.6) is 0 Å². The standard InChI is InChI=1S/C41H23FN6/c42-35-14-8-7-13-31(35)32-20-17-30(41-46-39(28-9-3-1-4-10-28)45-40(47-41)29-11-5-2-6-12-29)23-38(32)48-36-21-26(24-43)15-18-33(36)34-19-16-27(25-44)22-37(34)48/h1-23H. The summed E-state index contributed by atoms with van der Waals surface area (Å²) in [5, 5.41) is 21.5. The zero-order valence-corrected chi connectivity index (χ0v) is 25.3. The van der Waals surface area contributed by atoms with Gasteiger partial charge in [-0.15, -0.1) is 0 Å². The van der Waals surface area contributed by atoms with Crippen LogP contribution >= 0.6 is 0 Å². The van der Waals surface area contributed by atoms with Crippen LogP contribution in [0.2, 0.25) is 0 Å². The maximum absolute atomic E-state index is 15.5. The number of nitrogens with zero attached hydrogens (tertiary/aromatic N) is 6. The summed E-state index contributed by atoms with van der Waals surface area (Å²) in [5.74, 6) is 1.11. The molecule has 0 atom stereocenters. The zero-order valence-electron chi connectivity index (χ0n) is 25.3. The van der Waals surface area contributed by atoms with E-state index < -0.39 is 0 Å². The number of halogens is 1. The van der Waals surface area contributed by atoms with E-state index in [2.05, 4.69) is 12.1 Å². The highest BCUT2D eigenvalue weighted by Crippen LogP contribution is 2.39. The third-order valence-corrected chi connectivity index (χ3v) is 8.39. The summed E-state index contributed by atoms with van der Waals surface area (Å²) >= 11 is 0.